The summed E-state index contributed by atoms with van der Waals surface area (Å²) in [5.74, 6) is 1.58. The van der Waals surface area contributed by atoms with Crippen LogP contribution in [0, 0.1) is 0 Å². The number of piperazine rings is 4. The standard InChI is InChI=1S/C50H105N11O4.C25H24N4O4.3C7H14N2O4/c1-2-22-54-30-32-55(33-31-54)23-11-3-7-15-46-62-50(63-47-16-8-4-12-24-56-34-40-59(27-19-51)41-35-56,64-48-17-9-5-13-25-57-36-42-60(28-20-52)43-37-57)65-49-18-10-6-14-26-58-38-44-61(29-21-53)45-39-58;26-17-1-9-21(10-2-17)30-25(31-22-11-3-18(27)4-12-22,32-23-13-5-19(28)6-14-23)33-24-15-7-20(29)8-16-24;2*8-1-5-3-10-7(12-5)11-4-6(2-9)13-7;8-5-1-10-7(11-2-5)12-3-6(9)4-13-7/h2-49,51-53H2,1H3;1-16H,26-29H2;3*5-6H,1-4,8-9H2. The van der Waals surface area contributed by atoms with E-state index < -0.39 is 30.8 Å². The van der Waals surface area contributed by atoms with Crippen molar-refractivity contribution in [3.63, 3.8) is 0 Å². The third-order valence-electron chi connectivity index (χ3n) is 24.8. The highest BCUT2D eigenvalue weighted by Gasteiger charge is 2.53. The SMILES string of the molecule is CCCN1CCN(CCCCCCOC(OCCCCCCN2CCN(CCN)CC2)(OCCCCCCN2CCN(CCN)CC2)OCCCCCCN2CCN(CCN)CC2)CC1.NC1COC2(OC1)OCC(N)CO2.NCC1COC2(OCC(CN)O2)O1.NCC1COC2(OCC(CN)O2)O1.Nc1ccc(OC(Oc2ccc(N)cc2)(Oc2ccc(N)cc2)Oc2ccc(N)cc2)cc1. The topological polar surface area (TPSA) is 549 Å². The van der Waals surface area contributed by atoms with Gasteiger partial charge >= 0.3 is 30.8 Å². The zero-order valence-corrected chi connectivity index (χ0v) is 81.9. The Hall–Kier alpha value is -6.04. The highest BCUT2D eigenvalue weighted by atomic mass is 17.1. The average molecular weight is 1940 g/mol. The van der Waals surface area contributed by atoms with E-state index >= 15 is 0 Å². The summed E-state index contributed by atoms with van der Waals surface area (Å²) in [6.45, 7) is 39.3. The summed E-state index contributed by atoms with van der Waals surface area (Å²) in [6.07, 6.45) is 11.5. The van der Waals surface area contributed by atoms with Crippen LogP contribution in [0.2, 0.25) is 0 Å². The van der Waals surface area contributed by atoms with Gasteiger partial charge in [-0.05, 0) is 188 Å². The summed E-state index contributed by atoms with van der Waals surface area (Å²) in [4.78, 5) is 20.6. The smallest absolute Gasteiger partial charge is 0.399 e. The summed E-state index contributed by atoms with van der Waals surface area (Å²) >= 11 is 0. The largest absolute Gasteiger partial charge is 0.611 e. The number of anilines is 4. The van der Waals surface area contributed by atoms with E-state index in [0.29, 0.717) is 151 Å². The Balaban J connectivity index is 0.000000216. The summed E-state index contributed by atoms with van der Waals surface area (Å²) in [6, 6.07) is 26.7. The van der Waals surface area contributed by atoms with Gasteiger partial charge in [0.25, 0.3) is 0 Å². The van der Waals surface area contributed by atoms with Gasteiger partial charge in [0, 0.05) is 193 Å². The van der Waals surface area contributed by atoms with Crippen LogP contribution in [0.15, 0.2) is 97.1 Å². The first-order valence-electron chi connectivity index (χ1n) is 50.5. The van der Waals surface area contributed by atoms with Crippen LogP contribution in [0.1, 0.15) is 116 Å². The minimum absolute atomic E-state index is 0.117. The quantitative estimate of drug-likeness (QED) is 0.0172. The molecule has 14 rings (SSSR count). The van der Waals surface area contributed by atoms with Crippen molar-refractivity contribution in [2.45, 2.75) is 183 Å². The lowest BCUT2D eigenvalue weighted by atomic mass is 10.2. The fraction of sp³-hybridized carbons (Fsp3) is 0.750. The zero-order chi connectivity index (χ0) is 97.1. The molecule has 10 aliphatic rings. The minimum atomic E-state index is -2.07. The number of nitrogens with zero attached hydrogens (tertiary/aromatic N) is 8. The first-order valence-corrected chi connectivity index (χ1v) is 50.5. The third kappa shape index (κ3) is 41.7. The maximum absolute atomic E-state index is 6.62. The molecule has 0 bridgehead atoms. The fourth-order valence-corrected chi connectivity index (χ4v) is 16.6. The van der Waals surface area contributed by atoms with Crippen molar-refractivity contribution in [3.05, 3.63) is 97.1 Å². The highest BCUT2D eigenvalue weighted by molar-refractivity contribution is 5.45. The minimum Gasteiger partial charge on any atom is -0.399 e. The monoisotopic (exact) mass is 1940 g/mol. The zero-order valence-electron chi connectivity index (χ0n) is 81.9. The molecule has 10 heterocycles. The third-order valence-corrected chi connectivity index (χ3v) is 24.8. The molecular formula is C96H171N21O20. The molecule has 4 atom stereocenters. The van der Waals surface area contributed by atoms with Crippen LogP contribution < -0.4 is 93.5 Å². The lowest BCUT2D eigenvalue weighted by molar-refractivity contribution is -0.527. The van der Waals surface area contributed by atoms with Crippen LogP contribution in [-0.4, -0.2) is 389 Å². The van der Waals surface area contributed by atoms with Crippen molar-refractivity contribution < 1.29 is 94.7 Å². The number of benzene rings is 4. The molecule has 0 amide bonds. The highest BCUT2D eigenvalue weighted by Crippen LogP contribution is 2.36. The van der Waals surface area contributed by atoms with Crippen LogP contribution in [-0.2, 0) is 75.8 Å². The summed E-state index contributed by atoms with van der Waals surface area (Å²) < 4.78 is 114. The lowest BCUT2D eigenvalue weighted by Gasteiger charge is -2.40. The van der Waals surface area contributed by atoms with Gasteiger partial charge in [-0.25, -0.2) is 0 Å². The van der Waals surface area contributed by atoms with Crippen LogP contribution in [0.25, 0.3) is 0 Å². The molecule has 4 aromatic carbocycles. The molecule has 0 radical (unpaired) electrons. The second-order valence-electron chi connectivity index (χ2n) is 36.2. The van der Waals surface area contributed by atoms with E-state index in [1.54, 1.807) is 97.1 Å². The van der Waals surface area contributed by atoms with E-state index in [2.05, 4.69) is 46.1 Å². The van der Waals surface area contributed by atoms with Crippen LogP contribution >= 0.6 is 0 Å². The Morgan fingerprint density at radius 1 is 0.263 bits per heavy atom. The first-order chi connectivity index (χ1) is 66.7. The van der Waals surface area contributed by atoms with Gasteiger partial charge in [0.05, 0.1) is 91.4 Å². The molecule has 41 nitrogen and oxygen atoms in total. The Morgan fingerprint density at radius 2 is 0.467 bits per heavy atom. The van der Waals surface area contributed by atoms with Crippen molar-refractivity contribution in [1.29, 1.82) is 0 Å². The van der Waals surface area contributed by atoms with Crippen molar-refractivity contribution in [3.8, 4) is 23.0 Å². The predicted molar refractivity (Wildman–Crippen MR) is 526 cm³/mol. The molecule has 780 valence electrons. The maximum Gasteiger partial charge on any atom is 0.611 e. The molecule has 4 unspecified atom stereocenters. The van der Waals surface area contributed by atoms with Gasteiger partial charge in [-0.15, -0.1) is 0 Å². The fourth-order valence-electron chi connectivity index (χ4n) is 16.6. The molecule has 10 saturated heterocycles. The van der Waals surface area contributed by atoms with Gasteiger partial charge in [0.1, 0.15) is 47.4 Å². The van der Waals surface area contributed by atoms with Gasteiger partial charge < -0.3 is 175 Å². The van der Waals surface area contributed by atoms with E-state index in [1.165, 1.54) is 117 Å². The van der Waals surface area contributed by atoms with Crippen molar-refractivity contribution >= 4 is 22.7 Å². The summed E-state index contributed by atoms with van der Waals surface area (Å²) in [5.41, 5.74) is 75.7. The van der Waals surface area contributed by atoms with Crippen LogP contribution in [0.4, 0.5) is 22.7 Å². The van der Waals surface area contributed by atoms with Crippen molar-refractivity contribution in [2.24, 2.45) is 51.6 Å². The number of nitrogens with two attached hydrogens (primary N) is 13. The summed E-state index contributed by atoms with van der Waals surface area (Å²) in [5, 5.41) is 0. The number of unbranched alkanes of at least 4 members (excludes halogenated alkanes) is 12. The van der Waals surface area contributed by atoms with Gasteiger partial charge in [-0.3, -0.25) is 33.6 Å². The van der Waals surface area contributed by atoms with Crippen LogP contribution in [0.5, 0.6) is 23.0 Å². The molecule has 3 spiro atoms. The Kier molecular flexibility index (Phi) is 51.5. The molecule has 137 heavy (non-hydrogen) atoms. The number of hydrogen-bond acceptors (Lipinski definition) is 41. The molecule has 4 aromatic rings. The molecule has 26 N–H and O–H groups in total. The van der Waals surface area contributed by atoms with E-state index in [9.17, 15) is 0 Å². The van der Waals surface area contributed by atoms with E-state index in [0.717, 1.165) is 169 Å². The average Bonchev–Trinajstić information content (AvgIpc) is 1.29. The van der Waals surface area contributed by atoms with Gasteiger partial charge in [0.15, 0.2) is 0 Å². The molecule has 0 aromatic heterocycles. The second-order valence-corrected chi connectivity index (χ2v) is 36.2. The Morgan fingerprint density at radius 3 is 0.672 bits per heavy atom. The van der Waals surface area contributed by atoms with E-state index in [1.807, 2.05) is 0 Å². The van der Waals surface area contributed by atoms with Crippen LogP contribution in [0.3, 0.4) is 0 Å². The second kappa shape index (κ2) is 62.5. The van der Waals surface area contributed by atoms with E-state index in [4.69, 9.17) is 169 Å². The number of ether oxygens (including phenoxy) is 20. The first kappa shape index (κ1) is 113. The number of nitrogen functional groups attached to an aromatic ring is 4. The van der Waals surface area contributed by atoms with E-state index in [-0.39, 0.29) is 36.5 Å². The normalized spacial score (nSPS) is 25.1. The summed E-state index contributed by atoms with van der Waals surface area (Å²) in [7, 11) is 0. The molecule has 0 saturated carbocycles. The molecule has 10 fully saturated rings. The Bertz CT molecular complexity index is 3280. The van der Waals surface area contributed by atoms with Gasteiger partial charge in [-0.1, -0.05) is 58.3 Å². The molecule has 41 heteroatoms. The molecule has 0 aliphatic carbocycles. The molecular weight excluding hydrogens is 1770 g/mol. The van der Waals surface area contributed by atoms with Crippen molar-refractivity contribution in [2.75, 3.05) is 305 Å². The Labute approximate surface area is 813 Å². The number of hydrogen-bond donors (Lipinski definition) is 13. The van der Waals surface area contributed by atoms with Gasteiger partial charge in [0.2, 0.25) is 0 Å². The predicted octanol–water partition coefficient (Wildman–Crippen LogP) is 2.94. The maximum atomic E-state index is 6.62. The number of rotatable bonds is 52. The molecule has 10 aliphatic heterocycles. The van der Waals surface area contributed by atoms with Gasteiger partial charge in [-0.2, -0.15) is 0 Å². The lowest BCUT2D eigenvalue weighted by Crippen LogP contribution is -2.58. The van der Waals surface area contributed by atoms with Crippen molar-refractivity contribution in [1.82, 2.24) is 39.2 Å².